The monoisotopic (exact) mass is 288 g/mol. The molecule has 0 saturated carbocycles. The third-order valence-electron chi connectivity index (χ3n) is 3.39. The summed E-state index contributed by atoms with van der Waals surface area (Å²) in [6.45, 7) is 6.40. The molecule has 4 nitrogen and oxygen atoms in total. The molecule has 0 fully saturated rings. The second-order valence-corrected chi connectivity index (χ2v) is 4.97. The van der Waals surface area contributed by atoms with Crippen LogP contribution in [0.25, 0.3) is 0 Å². The summed E-state index contributed by atoms with van der Waals surface area (Å²) in [6.07, 6.45) is 1.71. The molecule has 0 radical (unpaired) electrons. The Hall–Kier alpha value is -1.78. The van der Waals surface area contributed by atoms with Crippen molar-refractivity contribution in [1.29, 1.82) is 0 Å². The molecule has 21 heavy (non-hydrogen) atoms. The van der Waals surface area contributed by atoms with Crippen molar-refractivity contribution in [1.82, 2.24) is 10.2 Å². The minimum Gasteiger partial charge on any atom is -0.492 e. The normalized spacial score (nSPS) is 11.0. The van der Waals surface area contributed by atoms with Gasteiger partial charge in [0.2, 0.25) is 0 Å². The second-order valence-electron chi connectivity index (χ2n) is 4.97. The van der Waals surface area contributed by atoms with Crippen LogP contribution in [0.15, 0.2) is 47.1 Å². The van der Waals surface area contributed by atoms with E-state index in [1.807, 2.05) is 31.3 Å². The highest BCUT2D eigenvalue weighted by molar-refractivity contribution is 5.27. The predicted octanol–water partition coefficient (Wildman–Crippen LogP) is 2.90. The zero-order valence-electron chi connectivity index (χ0n) is 12.8. The molecule has 0 atom stereocenters. The lowest BCUT2D eigenvalue weighted by Crippen LogP contribution is -2.27. The predicted molar refractivity (Wildman–Crippen MR) is 84.4 cm³/mol. The summed E-state index contributed by atoms with van der Waals surface area (Å²) < 4.78 is 11.2. The highest BCUT2D eigenvalue weighted by Gasteiger charge is 2.06. The smallest absolute Gasteiger partial charge is 0.119 e. The molecule has 2 rings (SSSR count). The van der Waals surface area contributed by atoms with Crippen molar-refractivity contribution in [2.45, 2.75) is 20.0 Å². The lowest BCUT2D eigenvalue weighted by molar-refractivity contribution is 0.199. The Morgan fingerprint density at radius 1 is 1.19 bits per heavy atom. The Morgan fingerprint density at radius 3 is 2.62 bits per heavy atom. The van der Waals surface area contributed by atoms with Crippen molar-refractivity contribution < 1.29 is 9.15 Å². The van der Waals surface area contributed by atoms with Crippen molar-refractivity contribution in [3.05, 3.63) is 54.0 Å². The maximum atomic E-state index is 5.80. The van der Waals surface area contributed by atoms with E-state index in [2.05, 4.69) is 29.3 Å². The van der Waals surface area contributed by atoms with Gasteiger partial charge >= 0.3 is 0 Å². The van der Waals surface area contributed by atoms with Gasteiger partial charge in [-0.25, -0.2) is 0 Å². The Labute approximate surface area is 126 Å². The first-order chi connectivity index (χ1) is 10.3. The van der Waals surface area contributed by atoms with E-state index in [0.29, 0.717) is 6.61 Å². The zero-order chi connectivity index (χ0) is 14.9. The van der Waals surface area contributed by atoms with E-state index in [1.54, 1.807) is 6.26 Å². The molecular formula is C17H24N2O2. The standard InChI is InChI=1S/C17H24N2O2/c1-3-19(14-17-5-4-11-20-17)10-12-21-16-8-6-15(7-9-16)13-18-2/h4-9,11,18H,3,10,12-14H2,1-2H3. The van der Waals surface area contributed by atoms with Crippen molar-refractivity contribution in [3.63, 3.8) is 0 Å². The summed E-state index contributed by atoms with van der Waals surface area (Å²) in [4.78, 5) is 2.30. The number of nitrogens with one attached hydrogen (secondary N) is 1. The van der Waals surface area contributed by atoms with E-state index in [0.717, 1.165) is 37.7 Å². The average molecular weight is 288 g/mol. The Balaban J connectivity index is 1.74. The fraction of sp³-hybridized carbons (Fsp3) is 0.412. The summed E-state index contributed by atoms with van der Waals surface area (Å²) >= 11 is 0. The first-order valence-electron chi connectivity index (χ1n) is 7.43. The molecule has 1 N–H and O–H groups in total. The van der Waals surface area contributed by atoms with Crippen LogP contribution in [0.4, 0.5) is 0 Å². The van der Waals surface area contributed by atoms with Crippen molar-refractivity contribution in [2.75, 3.05) is 26.7 Å². The SMILES string of the molecule is CCN(CCOc1ccc(CNC)cc1)Cc1ccco1. The minimum atomic E-state index is 0.680. The summed E-state index contributed by atoms with van der Waals surface area (Å²) in [6, 6.07) is 12.2. The van der Waals surface area contributed by atoms with Gasteiger partial charge in [-0.1, -0.05) is 19.1 Å². The fourth-order valence-electron chi connectivity index (χ4n) is 2.17. The van der Waals surface area contributed by atoms with Gasteiger partial charge in [0.25, 0.3) is 0 Å². The third kappa shape index (κ3) is 5.25. The average Bonchev–Trinajstić information content (AvgIpc) is 3.01. The van der Waals surface area contributed by atoms with E-state index in [9.17, 15) is 0 Å². The molecule has 0 aliphatic heterocycles. The van der Waals surface area contributed by atoms with E-state index in [4.69, 9.17) is 9.15 Å². The Kier molecular flexibility index (Phi) is 6.31. The van der Waals surface area contributed by atoms with Gasteiger partial charge in [-0.2, -0.15) is 0 Å². The van der Waals surface area contributed by atoms with Crippen molar-refractivity contribution in [2.24, 2.45) is 0 Å². The molecule has 4 heteroatoms. The number of rotatable bonds is 9. The van der Waals surface area contributed by atoms with Gasteiger partial charge in [0.15, 0.2) is 0 Å². The first-order valence-corrected chi connectivity index (χ1v) is 7.43. The van der Waals surface area contributed by atoms with Gasteiger partial charge in [-0.15, -0.1) is 0 Å². The lowest BCUT2D eigenvalue weighted by atomic mass is 10.2. The highest BCUT2D eigenvalue weighted by Crippen LogP contribution is 2.12. The molecular weight excluding hydrogens is 264 g/mol. The molecule has 0 unspecified atom stereocenters. The molecule has 1 heterocycles. The van der Waals surface area contributed by atoms with Gasteiger partial charge in [-0.3, -0.25) is 4.90 Å². The molecule has 0 aliphatic carbocycles. The molecule has 0 spiro atoms. The van der Waals surface area contributed by atoms with E-state index in [-0.39, 0.29) is 0 Å². The molecule has 114 valence electrons. The van der Waals surface area contributed by atoms with Gasteiger partial charge < -0.3 is 14.5 Å². The Morgan fingerprint density at radius 2 is 2.00 bits per heavy atom. The quantitative estimate of drug-likeness (QED) is 0.770. The van der Waals surface area contributed by atoms with Crippen molar-refractivity contribution in [3.8, 4) is 5.75 Å². The third-order valence-corrected chi connectivity index (χ3v) is 3.39. The maximum absolute atomic E-state index is 5.80. The number of nitrogens with zero attached hydrogens (tertiary/aromatic N) is 1. The summed E-state index contributed by atoms with van der Waals surface area (Å²) in [7, 11) is 1.95. The maximum Gasteiger partial charge on any atom is 0.119 e. The molecule has 2 aromatic rings. The Bertz CT molecular complexity index is 494. The van der Waals surface area contributed by atoms with Crippen LogP contribution < -0.4 is 10.1 Å². The highest BCUT2D eigenvalue weighted by atomic mass is 16.5. The van der Waals surface area contributed by atoms with Crippen LogP contribution in [-0.2, 0) is 13.1 Å². The molecule has 0 aliphatic rings. The molecule has 1 aromatic carbocycles. The summed E-state index contributed by atoms with van der Waals surface area (Å²) in [5.74, 6) is 1.91. The van der Waals surface area contributed by atoms with Gasteiger partial charge in [0.1, 0.15) is 18.1 Å². The number of likely N-dealkylation sites (N-methyl/N-ethyl adjacent to an activating group) is 1. The number of hydrogen-bond donors (Lipinski definition) is 1. The molecule has 0 bridgehead atoms. The van der Waals surface area contributed by atoms with Crippen LogP contribution in [0.1, 0.15) is 18.2 Å². The van der Waals surface area contributed by atoms with Gasteiger partial charge in [-0.05, 0) is 43.4 Å². The van der Waals surface area contributed by atoms with Crippen LogP contribution >= 0.6 is 0 Å². The number of hydrogen-bond acceptors (Lipinski definition) is 4. The topological polar surface area (TPSA) is 37.6 Å². The van der Waals surface area contributed by atoms with Gasteiger partial charge in [0, 0.05) is 13.1 Å². The zero-order valence-corrected chi connectivity index (χ0v) is 12.8. The first kappa shape index (κ1) is 15.6. The van der Waals surface area contributed by atoms with Crippen molar-refractivity contribution >= 4 is 0 Å². The number of ether oxygens (including phenoxy) is 1. The second kappa shape index (κ2) is 8.49. The molecule has 0 amide bonds. The van der Waals surface area contributed by atoms with E-state index >= 15 is 0 Å². The lowest BCUT2D eigenvalue weighted by Gasteiger charge is -2.19. The van der Waals surface area contributed by atoms with E-state index < -0.39 is 0 Å². The van der Waals surface area contributed by atoms with Gasteiger partial charge in [0.05, 0.1) is 12.8 Å². The van der Waals surface area contributed by atoms with Crippen LogP contribution in [-0.4, -0.2) is 31.6 Å². The van der Waals surface area contributed by atoms with Crippen LogP contribution in [0.2, 0.25) is 0 Å². The largest absolute Gasteiger partial charge is 0.492 e. The number of furan rings is 1. The summed E-state index contributed by atoms with van der Waals surface area (Å²) in [5.41, 5.74) is 1.26. The minimum absolute atomic E-state index is 0.680. The molecule has 0 saturated heterocycles. The van der Waals surface area contributed by atoms with Crippen LogP contribution in [0.3, 0.4) is 0 Å². The number of benzene rings is 1. The fourth-order valence-corrected chi connectivity index (χ4v) is 2.17. The van der Waals surface area contributed by atoms with Crippen LogP contribution in [0.5, 0.6) is 5.75 Å². The van der Waals surface area contributed by atoms with E-state index in [1.165, 1.54) is 5.56 Å². The van der Waals surface area contributed by atoms with Crippen LogP contribution in [0, 0.1) is 0 Å². The molecule has 1 aromatic heterocycles. The summed E-state index contributed by atoms with van der Waals surface area (Å²) in [5, 5.41) is 3.13.